The maximum atomic E-state index is 12.8. The molecule has 152 valence electrons. The van der Waals surface area contributed by atoms with Crippen LogP contribution >= 0.6 is 15.9 Å². The maximum Gasteiger partial charge on any atom is 0.256 e. The minimum Gasteiger partial charge on any atom is -0.495 e. The third-order valence-electron chi connectivity index (χ3n) is 3.91. The normalized spacial score (nSPS) is 11.2. The number of sulfonamides is 1. The van der Waals surface area contributed by atoms with E-state index >= 15 is 0 Å². The van der Waals surface area contributed by atoms with Crippen molar-refractivity contribution in [1.29, 1.82) is 0 Å². The molecule has 0 fully saturated rings. The predicted molar refractivity (Wildman–Crippen MR) is 109 cm³/mol. The number of hydrogen-bond acceptors (Lipinski definition) is 6. The van der Waals surface area contributed by atoms with Crippen LogP contribution in [0.25, 0.3) is 0 Å². The van der Waals surface area contributed by atoms with E-state index in [-0.39, 0.29) is 16.1 Å². The Morgan fingerprint density at radius 1 is 0.964 bits per heavy atom. The fourth-order valence-corrected chi connectivity index (χ4v) is 3.83. The van der Waals surface area contributed by atoms with E-state index in [9.17, 15) is 13.2 Å². The van der Waals surface area contributed by atoms with Crippen LogP contribution in [0.4, 0.5) is 5.69 Å². The summed E-state index contributed by atoms with van der Waals surface area (Å²) in [5.74, 6) is 0.671. The largest absolute Gasteiger partial charge is 0.495 e. The molecule has 0 unspecified atom stereocenters. The van der Waals surface area contributed by atoms with Crippen LogP contribution < -0.4 is 19.5 Å². The molecule has 0 atom stereocenters. The van der Waals surface area contributed by atoms with Gasteiger partial charge in [-0.1, -0.05) is 0 Å². The van der Waals surface area contributed by atoms with Crippen LogP contribution in [-0.2, 0) is 10.0 Å². The van der Waals surface area contributed by atoms with Gasteiger partial charge in [-0.3, -0.25) is 4.79 Å². The molecule has 8 nitrogen and oxygen atoms in total. The number of nitrogens with one attached hydrogen (secondary N) is 1. The molecule has 0 aliphatic carbocycles. The van der Waals surface area contributed by atoms with Gasteiger partial charge in [0.05, 0.1) is 31.9 Å². The van der Waals surface area contributed by atoms with E-state index < -0.39 is 15.9 Å². The van der Waals surface area contributed by atoms with Crippen molar-refractivity contribution in [3.8, 4) is 17.2 Å². The molecule has 1 amide bonds. The number of carbonyl (C=O) groups excluding carboxylic acids is 1. The van der Waals surface area contributed by atoms with Crippen molar-refractivity contribution in [1.82, 2.24) is 4.31 Å². The fraction of sp³-hybridized carbons (Fsp3) is 0.278. The summed E-state index contributed by atoms with van der Waals surface area (Å²) in [4.78, 5) is 12.8. The number of hydrogen-bond donors (Lipinski definition) is 1. The summed E-state index contributed by atoms with van der Waals surface area (Å²) < 4.78 is 42.2. The second kappa shape index (κ2) is 8.80. The molecule has 0 aliphatic rings. The first kappa shape index (κ1) is 22.0. The van der Waals surface area contributed by atoms with Gasteiger partial charge in [0.15, 0.2) is 0 Å². The highest BCUT2D eigenvalue weighted by atomic mass is 79.9. The molecule has 2 rings (SSSR count). The van der Waals surface area contributed by atoms with Gasteiger partial charge in [0.25, 0.3) is 5.91 Å². The monoisotopic (exact) mass is 472 g/mol. The van der Waals surface area contributed by atoms with Gasteiger partial charge in [-0.2, -0.15) is 0 Å². The first-order valence-corrected chi connectivity index (χ1v) is 10.2. The highest BCUT2D eigenvalue weighted by Crippen LogP contribution is 2.36. The van der Waals surface area contributed by atoms with E-state index in [0.717, 1.165) is 4.31 Å². The van der Waals surface area contributed by atoms with Gasteiger partial charge in [-0.25, -0.2) is 12.7 Å². The number of ether oxygens (including phenoxy) is 3. The Hall–Kier alpha value is -2.30. The minimum atomic E-state index is -3.67. The summed E-state index contributed by atoms with van der Waals surface area (Å²) in [5.41, 5.74) is 0.483. The van der Waals surface area contributed by atoms with E-state index in [2.05, 4.69) is 21.2 Å². The molecular weight excluding hydrogens is 452 g/mol. The van der Waals surface area contributed by atoms with Gasteiger partial charge in [0.1, 0.15) is 21.7 Å². The second-order valence-electron chi connectivity index (χ2n) is 5.80. The molecule has 10 heteroatoms. The average Bonchev–Trinajstić information content (AvgIpc) is 2.67. The van der Waals surface area contributed by atoms with Gasteiger partial charge >= 0.3 is 0 Å². The van der Waals surface area contributed by atoms with Gasteiger partial charge in [-0.05, 0) is 46.3 Å². The highest BCUT2D eigenvalue weighted by molar-refractivity contribution is 9.10. The van der Waals surface area contributed by atoms with Gasteiger partial charge in [0.2, 0.25) is 10.0 Å². The lowest BCUT2D eigenvalue weighted by atomic mass is 10.1. The number of benzene rings is 2. The smallest absolute Gasteiger partial charge is 0.256 e. The summed E-state index contributed by atoms with van der Waals surface area (Å²) in [7, 11) is 3.56. The molecule has 28 heavy (non-hydrogen) atoms. The molecule has 1 N–H and O–H groups in total. The number of methoxy groups -OCH3 is 3. The summed E-state index contributed by atoms with van der Waals surface area (Å²) in [6, 6.07) is 7.31. The zero-order valence-corrected chi connectivity index (χ0v) is 18.5. The fourth-order valence-electron chi connectivity index (χ4n) is 2.35. The molecule has 0 spiro atoms. The highest BCUT2D eigenvalue weighted by Gasteiger charge is 2.21. The molecule has 2 aromatic carbocycles. The van der Waals surface area contributed by atoms with Crippen molar-refractivity contribution >= 4 is 37.5 Å². The Balaban J connectivity index is 2.46. The van der Waals surface area contributed by atoms with Gasteiger partial charge < -0.3 is 19.5 Å². The average molecular weight is 473 g/mol. The Kier molecular flexibility index (Phi) is 6.91. The standard InChI is InChI=1S/C18H21BrN2O6S/c1-21(2)28(23,24)12-6-7-14(25-3)13(10-12)20-18(22)11-8-15(26-4)17(19)16(9-11)27-5/h6-10H,1-5H3,(H,20,22). The Morgan fingerprint density at radius 2 is 1.50 bits per heavy atom. The summed E-state index contributed by atoms with van der Waals surface area (Å²) in [6.45, 7) is 0. The van der Waals surface area contributed by atoms with Gasteiger partial charge in [0, 0.05) is 19.7 Å². The van der Waals surface area contributed by atoms with Crippen LogP contribution in [0.15, 0.2) is 39.7 Å². The van der Waals surface area contributed by atoms with Crippen LogP contribution in [0.3, 0.4) is 0 Å². The van der Waals surface area contributed by atoms with Crippen molar-refractivity contribution in [2.24, 2.45) is 0 Å². The van der Waals surface area contributed by atoms with E-state index in [1.54, 1.807) is 0 Å². The number of carbonyl (C=O) groups is 1. The van der Waals surface area contributed by atoms with Crippen LogP contribution in [0, 0.1) is 0 Å². The molecule has 0 saturated carbocycles. The van der Waals surface area contributed by atoms with Crippen molar-refractivity contribution in [3.05, 3.63) is 40.4 Å². The SMILES string of the molecule is COc1ccc(S(=O)(=O)N(C)C)cc1NC(=O)c1cc(OC)c(Br)c(OC)c1. The lowest BCUT2D eigenvalue weighted by Crippen LogP contribution is -2.22. The Bertz CT molecular complexity index is 967. The first-order chi connectivity index (χ1) is 13.1. The molecule has 0 radical (unpaired) electrons. The molecule has 2 aromatic rings. The number of amides is 1. The van der Waals surface area contributed by atoms with E-state index in [1.807, 2.05) is 0 Å². The molecule has 0 saturated heterocycles. The third kappa shape index (κ3) is 4.40. The number of rotatable bonds is 7. The van der Waals surface area contributed by atoms with Crippen LogP contribution in [-0.4, -0.2) is 54.1 Å². The topological polar surface area (TPSA) is 94.2 Å². The zero-order chi connectivity index (χ0) is 21.1. The Labute approximate surface area is 172 Å². The zero-order valence-electron chi connectivity index (χ0n) is 16.1. The molecule has 0 heterocycles. The van der Waals surface area contributed by atoms with Crippen molar-refractivity contribution in [3.63, 3.8) is 0 Å². The molecule has 0 bridgehead atoms. The van der Waals surface area contributed by atoms with Crippen molar-refractivity contribution < 1.29 is 27.4 Å². The molecule has 0 aromatic heterocycles. The van der Waals surface area contributed by atoms with E-state index in [0.29, 0.717) is 21.7 Å². The molecular formula is C18H21BrN2O6S. The van der Waals surface area contributed by atoms with Gasteiger partial charge in [-0.15, -0.1) is 0 Å². The summed E-state index contributed by atoms with van der Waals surface area (Å²) in [5, 5.41) is 2.68. The maximum absolute atomic E-state index is 12.8. The van der Waals surface area contributed by atoms with Crippen molar-refractivity contribution in [2.45, 2.75) is 4.90 Å². The predicted octanol–water partition coefficient (Wildman–Crippen LogP) is 2.98. The Morgan fingerprint density at radius 3 is 1.96 bits per heavy atom. The first-order valence-electron chi connectivity index (χ1n) is 7.99. The van der Waals surface area contributed by atoms with Crippen molar-refractivity contribution in [2.75, 3.05) is 40.7 Å². The lowest BCUT2D eigenvalue weighted by molar-refractivity contribution is 0.102. The molecule has 0 aliphatic heterocycles. The quantitative estimate of drug-likeness (QED) is 0.665. The lowest BCUT2D eigenvalue weighted by Gasteiger charge is -2.16. The number of nitrogens with zero attached hydrogens (tertiary/aromatic N) is 1. The van der Waals surface area contributed by atoms with E-state index in [4.69, 9.17) is 14.2 Å². The minimum absolute atomic E-state index is 0.0274. The third-order valence-corrected chi connectivity index (χ3v) is 6.50. The van der Waals surface area contributed by atoms with Crippen LogP contribution in [0.1, 0.15) is 10.4 Å². The van der Waals surface area contributed by atoms with E-state index in [1.165, 1.54) is 65.8 Å². The van der Waals surface area contributed by atoms with Crippen LogP contribution in [0.2, 0.25) is 0 Å². The van der Waals surface area contributed by atoms with Crippen LogP contribution in [0.5, 0.6) is 17.2 Å². The number of anilines is 1. The summed E-state index contributed by atoms with van der Waals surface area (Å²) in [6.07, 6.45) is 0. The second-order valence-corrected chi connectivity index (χ2v) is 8.74. The number of halogens is 1. The summed E-state index contributed by atoms with van der Waals surface area (Å²) >= 11 is 3.35.